The standard InChI is InChI=1S/C14H16F3N3O/c15-14(16,17)12-4-3-10(7-19-12)13(21)20-5-1-2-9-6-18-8-11(9)20/h3-4,7,9,11,18H,1-2,5-6,8H2. The van der Waals surface area contributed by atoms with E-state index in [4.69, 9.17) is 0 Å². The Morgan fingerprint density at radius 3 is 2.81 bits per heavy atom. The first-order valence-corrected chi connectivity index (χ1v) is 7.02. The van der Waals surface area contributed by atoms with Crippen LogP contribution in [0.2, 0.25) is 0 Å². The SMILES string of the molecule is O=C(c1ccc(C(F)(F)F)nc1)N1CCCC2CNCC21. The molecule has 0 aliphatic carbocycles. The average Bonchev–Trinajstić information content (AvgIpc) is 2.94. The molecule has 2 unspecified atom stereocenters. The molecular formula is C14H16F3N3O. The predicted molar refractivity (Wildman–Crippen MR) is 69.7 cm³/mol. The van der Waals surface area contributed by atoms with Gasteiger partial charge in [0, 0.05) is 31.9 Å². The van der Waals surface area contributed by atoms with E-state index in [0.717, 1.165) is 38.2 Å². The number of halogens is 3. The van der Waals surface area contributed by atoms with Crippen LogP contribution in [0, 0.1) is 5.92 Å². The quantitative estimate of drug-likeness (QED) is 0.862. The molecule has 2 aliphatic rings. The number of rotatable bonds is 1. The van der Waals surface area contributed by atoms with Crippen molar-refractivity contribution < 1.29 is 18.0 Å². The molecule has 3 rings (SSSR count). The molecule has 3 heterocycles. The minimum Gasteiger partial charge on any atom is -0.334 e. The monoisotopic (exact) mass is 299 g/mol. The Balaban J connectivity index is 1.78. The maximum atomic E-state index is 12.5. The van der Waals surface area contributed by atoms with Crippen molar-refractivity contribution in [2.24, 2.45) is 5.92 Å². The fourth-order valence-corrected chi connectivity index (χ4v) is 3.17. The molecule has 114 valence electrons. The van der Waals surface area contributed by atoms with Gasteiger partial charge in [0.15, 0.2) is 0 Å². The second kappa shape index (κ2) is 5.29. The van der Waals surface area contributed by atoms with Gasteiger partial charge in [-0.25, -0.2) is 0 Å². The highest BCUT2D eigenvalue weighted by Crippen LogP contribution is 2.29. The van der Waals surface area contributed by atoms with Gasteiger partial charge in [-0.3, -0.25) is 9.78 Å². The highest BCUT2D eigenvalue weighted by Gasteiger charge is 2.38. The van der Waals surface area contributed by atoms with Crippen molar-refractivity contribution in [3.63, 3.8) is 0 Å². The van der Waals surface area contributed by atoms with Gasteiger partial charge in [-0.2, -0.15) is 13.2 Å². The molecule has 1 aromatic heterocycles. The molecule has 2 fully saturated rings. The summed E-state index contributed by atoms with van der Waals surface area (Å²) in [6, 6.07) is 2.22. The number of nitrogens with one attached hydrogen (secondary N) is 1. The lowest BCUT2D eigenvalue weighted by Crippen LogP contribution is -2.48. The van der Waals surface area contributed by atoms with Gasteiger partial charge < -0.3 is 10.2 Å². The number of carbonyl (C=O) groups excluding carboxylic acids is 1. The van der Waals surface area contributed by atoms with Crippen molar-refractivity contribution in [3.05, 3.63) is 29.6 Å². The lowest BCUT2D eigenvalue weighted by molar-refractivity contribution is -0.141. The van der Waals surface area contributed by atoms with Gasteiger partial charge in [0.2, 0.25) is 0 Å². The summed E-state index contributed by atoms with van der Waals surface area (Å²) in [5.41, 5.74) is -0.756. The molecule has 0 radical (unpaired) electrons. The third-order valence-electron chi connectivity index (χ3n) is 4.24. The zero-order valence-electron chi connectivity index (χ0n) is 11.4. The van der Waals surface area contributed by atoms with E-state index in [1.54, 1.807) is 4.90 Å². The van der Waals surface area contributed by atoms with E-state index >= 15 is 0 Å². The normalized spacial score (nSPS) is 25.8. The van der Waals surface area contributed by atoms with Crippen LogP contribution in [0.5, 0.6) is 0 Å². The molecule has 1 aromatic rings. The molecule has 2 aliphatic heterocycles. The molecule has 7 heteroatoms. The number of fused-ring (bicyclic) bond motifs is 1. The summed E-state index contributed by atoms with van der Waals surface area (Å²) in [5, 5.41) is 3.27. The molecular weight excluding hydrogens is 283 g/mol. The van der Waals surface area contributed by atoms with Crippen molar-refractivity contribution in [1.29, 1.82) is 0 Å². The number of piperidine rings is 1. The van der Waals surface area contributed by atoms with E-state index in [2.05, 4.69) is 10.3 Å². The summed E-state index contributed by atoms with van der Waals surface area (Å²) < 4.78 is 37.5. The second-order valence-electron chi connectivity index (χ2n) is 5.56. The highest BCUT2D eigenvalue weighted by atomic mass is 19.4. The number of pyridine rings is 1. The molecule has 21 heavy (non-hydrogen) atoms. The lowest BCUT2D eigenvalue weighted by atomic mass is 9.91. The predicted octanol–water partition coefficient (Wildman–Crippen LogP) is 1.92. The van der Waals surface area contributed by atoms with E-state index in [9.17, 15) is 18.0 Å². The van der Waals surface area contributed by atoms with Crippen molar-refractivity contribution in [2.45, 2.75) is 25.1 Å². The van der Waals surface area contributed by atoms with Gasteiger partial charge in [-0.1, -0.05) is 0 Å². The van der Waals surface area contributed by atoms with Crippen LogP contribution in [0.4, 0.5) is 13.2 Å². The first-order valence-electron chi connectivity index (χ1n) is 7.02. The largest absolute Gasteiger partial charge is 0.433 e. The molecule has 0 aromatic carbocycles. The highest BCUT2D eigenvalue weighted by molar-refractivity contribution is 5.94. The van der Waals surface area contributed by atoms with Crippen LogP contribution < -0.4 is 5.32 Å². The Kier molecular flexibility index (Phi) is 3.61. The summed E-state index contributed by atoms with van der Waals surface area (Å²) in [6.07, 6.45) is -1.43. The van der Waals surface area contributed by atoms with Crippen LogP contribution in [0.1, 0.15) is 28.9 Å². The first kappa shape index (κ1) is 14.3. The van der Waals surface area contributed by atoms with Gasteiger partial charge in [-0.15, -0.1) is 0 Å². The number of likely N-dealkylation sites (tertiary alicyclic amines) is 1. The average molecular weight is 299 g/mol. The van der Waals surface area contributed by atoms with E-state index in [1.807, 2.05) is 0 Å². The van der Waals surface area contributed by atoms with Crippen LogP contribution in [0.3, 0.4) is 0 Å². The first-order chi connectivity index (χ1) is 9.97. The fraction of sp³-hybridized carbons (Fsp3) is 0.571. The van der Waals surface area contributed by atoms with E-state index in [-0.39, 0.29) is 17.5 Å². The summed E-state index contributed by atoms with van der Waals surface area (Å²) in [4.78, 5) is 17.6. The zero-order valence-corrected chi connectivity index (χ0v) is 11.4. The number of alkyl halides is 3. The Morgan fingerprint density at radius 2 is 2.14 bits per heavy atom. The van der Waals surface area contributed by atoms with Crippen LogP contribution >= 0.6 is 0 Å². The molecule has 2 atom stereocenters. The summed E-state index contributed by atoms with van der Waals surface area (Å²) >= 11 is 0. The van der Waals surface area contributed by atoms with Crippen molar-refractivity contribution in [2.75, 3.05) is 19.6 Å². The maximum absolute atomic E-state index is 12.5. The van der Waals surface area contributed by atoms with Crippen LogP contribution in [0.15, 0.2) is 18.3 Å². The Hall–Kier alpha value is -1.63. The summed E-state index contributed by atoms with van der Waals surface area (Å²) in [5.74, 6) is 0.222. The topological polar surface area (TPSA) is 45.2 Å². The Labute approximate surface area is 120 Å². The number of nitrogens with zero attached hydrogens (tertiary/aromatic N) is 2. The van der Waals surface area contributed by atoms with Gasteiger partial charge in [-0.05, 0) is 30.9 Å². The van der Waals surface area contributed by atoms with Crippen LogP contribution in [0.25, 0.3) is 0 Å². The van der Waals surface area contributed by atoms with E-state index in [1.165, 1.54) is 6.07 Å². The zero-order chi connectivity index (χ0) is 15.0. The minimum atomic E-state index is -4.48. The number of amides is 1. The smallest absolute Gasteiger partial charge is 0.334 e. The molecule has 1 amide bonds. The molecule has 0 bridgehead atoms. The summed E-state index contributed by atoms with van der Waals surface area (Å²) in [7, 11) is 0. The second-order valence-corrected chi connectivity index (χ2v) is 5.56. The Morgan fingerprint density at radius 1 is 1.33 bits per heavy atom. The van der Waals surface area contributed by atoms with Crippen molar-refractivity contribution in [3.8, 4) is 0 Å². The van der Waals surface area contributed by atoms with Gasteiger partial charge in [0.25, 0.3) is 5.91 Å². The fourth-order valence-electron chi connectivity index (χ4n) is 3.17. The molecule has 1 N–H and O–H groups in total. The summed E-state index contributed by atoms with van der Waals surface area (Å²) in [6.45, 7) is 2.31. The Bertz CT molecular complexity index is 529. The van der Waals surface area contributed by atoms with Gasteiger partial charge in [0.1, 0.15) is 5.69 Å². The number of carbonyl (C=O) groups is 1. The van der Waals surface area contributed by atoms with Crippen molar-refractivity contribution >= 4 is 5.91 Å². The van der Waals surface area contributed by atoms with Crippen LogP contribution in [-0.4, -0.2) is 41.5 Å². The maximum Gasteiger partial charge on any atom is 0.433 e. The molecule has 2 saturated heterocycles. The van der Waals surface area contributed by atoms with Gasteiger partial charge >= 0.3 is 6.18 Å². The minimum absolute atomic E-state index is 0.147. The molecule has 0 spiro atoms. The number of hydrogen-bond acceptors (Lipinski definition) is 3. The van der Waals surface area contributed by atoms with E-state index in [0.29, 0.717) is 12.5 Å². The van der Waals surface area contributed by atoms with Gasteiger partial charge in [0.05, 0.1) is 5.56 Å². The third kappa shape index (κ3) is 2.74. The lowest BCUT2D eigenvalue weighted by Gasteiger charge is -2.37. The van der Waals surface area contributed by atoms with E-state index < -0.39 is 11.9 Å². The third-order valence-corrected chi connectivity index (χ3v) is 4.24. The molecule has 0 saturated carbocycles. The van der Waals surface area contributed by atoms with Crippen molar-refractivity contribution in [1.82, 2.24) is 15.2 Å². The molecule has 4 nitrogen and oxygen atoms in total. The number of hydrogen-bond donors (Lipinski definition) is 1. The number of aromatic nitrogens is 1. The van der Waals surface area contributed by atoms with Crippen LogP contribution in [-0.2, 0) is 6.18 Å².